The largest absolute Gasteiger partial charge is 0.485 e. The quantitative estimate of drug-likeness (QED) is 0.208. The summed E-state index contributed by atoms with van der Waals surface area (Å²) in [4.78, 5) is 14.7. The number of hydrogen-bond donors (Lipinski definition) is 0. The van der Waals surface area contributed by atoms with Gasteiger partial charge in [-0.05, 0) is 60.1 Å². The molecule has 0 amide bonds. The second-order valence-corrected chi connectivity index (χ2v) is 16.5. The van der Waals surface area contributed by atoms with E-state index in [1.165, 1.54) is 12.3 Å². The molecular weight excluding hydrogens is 510 g/mol. The Morgan fingerprint density at radius 1 is 1.05 bits per heavy atom. The van der Waals surface area contributed by atoms with E-state index >= 15 is 0 Å². The van der Waals surface area contributed by atoms with Crippen LogP contribution in [0.5, 0.6) is 5.75 Å². The van der Waals surface area contributed by atoms with Gasteiger partial charge in [-0.1, -0.05) is 46.8 Å². The van der Waals surface area contributed by atoms with E-state index < -0.39 is 25.5 Å². The number of ether oxygens (including phenoxy) is 1. The Morgan fingerprint density at radius 3 is 2.24 bits per heavy atom. The average molecular weight is 547 g/mol. The van der Waals surface area contributed by atoms with E-state index in [9.17, 15) is 13.6 Å². The lowest BCUT2D eigenvalue weighted by atomic mass is 10.1. The Kier molecular flexibility index (Phi) is 9.03. The number of halogens is 2. The van der Waals surface area contributed by atoms with E-state index in [0.717, 1.165) is 27.3 Å². The van der Waals surface area contributed by atoms with Gasteiger partial charge in [0, 0.05) is 16.5 Å². The van der Waals surface area contributed by atoms with Crippen molar-refractivity contribution in [3.05, 3.63) is 70.6 Å². The normalized spacial score (nSPS) is 13.2. The van der Waals surface area contributed by atoms with Gasteiger partial charge in [0.1, 0.15) is 6.61 Å². The summed E-state index contributed by atoms with van der Waals surface area (Å²) >= 11 is 1.62. The third-order valence-electron chi connectivity index (χ3n) is 6.87. The highest BCUT2D eigenvalue weighted by Gasteiger charge is 2.40. The summed E-state index contributed by atoms with van der Waals surface area (Å²) in [6, 6.07) is 11.0. The van der Waals surface area contributed by atoms with Crippen LogP contribution in [0.15, 0.2) is 58.4 Å². The maximum Gasteiger partial charge on any atom is 0.314 e. The first-order valence-corrected chi connectivity index (χ1v) is 16.4. The topological polar surface area (TPSA) is 53.4 Å². The van der Waals surface area contributed by atoms with Crippen molar-refractivity contribution in [1.82, 2.24) is 9.78 Å². The zero-order valence-electron chi connectivity index (χ0n) is 22.8. The van der Waals surface area contributed by atoms with Gasteiger partial charge in [0.15, 0.2) is 25.7 Å². The van der Waals surface area contributed by atoms with Crippen molar-refractivity contribution >= 4 is 20.1 Å². The number of benzene rings is 2. The van der Waals surface area contributed by atoms with Crippen molar-refractivity contribution in [1.29, 1.82) is 0 Å². The fourth-order valence-corrected chi connectivity index (χ4v) is 5.30. The molecule has 200 valence electrons. The molecule has 0 bridgehead atoms. The number of rotatable bonds is 9. The monoisotopic (exact) mass is 546 g/mol. The van der Waals surface area contributed by atoms with Gasteiger partial charge in [-0.15, -0.1) is 11.8 Å². The van der Waals surface area contributed by atoms with E-state index in [1.54, 1.807) is 11.8 Å². The Hall–Kier alpha value is -2.49. The minimum absolute atomic E-state index is 0.0143. The molecule has 0 N–H and O–H groups in total. The fraction of sp³-hybridized carbons (Fsp3) is 0.429. The second-order valence-electron chi connectivity index (χ2n) is 10.9. The van der Waals surface area contributed by atoms with Crippen molar-refractivity contribution in [3.63, 3.8) is 0 Å². The van der Waals surface area contributed by atoms with Crippen LogP contribution in [0.3, 0.4) is 0 Å². The lowest BCUT2D eigenvalue weighted by Crippen LogP contribution is -2.47. The summed E-state index contributed by atoms with van der Waals surface area (Å²) in [5.74, 6) is -1.83. The second kappa shape index (κ2) is 11.5. The molecule has 0 aliphatic carbocycles. The van der Waals surface area contributed by atoms with E-state index in [4.69, 9.17) is 9.16 Å². The zero-order chi connectivity index (χ0) is 27.5. The zero-order valence-corrected chi connectivity index (χ0v) is 24.6. The summed E-state index contributed by atoms with van der Waals surface area (Å²) in [6.07, 6.45) is 3.27. The molecular formula is C28H36F2N2O3SSi. The minimum atomic E-state index is -2.10. The molecule has 5 nitrogen and oxygen atoms in total. The maximum absolute atomic E-state index is 13.9. The van der Waals surface area contributed by atoms with Crippen LogP contribution in [-0.2, 0) is 4.43 Å². The van der Waals surface area contributed by atoms with Crippen molar-refractivity contribution in [2.24, 2.45) is 5.92 Å². The third kappa shape index (κ3) is 6.69. The van der Waals surface area contributed by atoms with Gasteiger partial charge in [0.05, 0.1) is 18.0 Å². The summed E-state index contributed by atoms with van der Waals surface area (Å²) in [7, 11) is -2.10. The summed E-state index contributed by atoms with van der Waals surface area (Å²) < 4.78 is 41.4. The minimum Gasteiger partial charge on any atom is -0.485 e. The van der Waals surface area contributed by atoms with E-state index in [1.807, 2.05) is 30.5 Å². The molecule has 2 aromatic carbocycles. The van der Waals surface area contributed by atoms with Gasteiger partial charge < -0.3 is 9.16 Å². The van der Waals surface area contributed by atoms with Crippen molar-refractivity contribution in [3.8, 4) is 22.6 Å². The third-order valence-corrected chi connectivity index (χ3v) is 12.1. The van der Waals surface area contributed by atoms with Crippen molar-refractivity contribution < 1.29 is 17.9 Å². The predicted molar refractivity (Wildman–Crippen MR) is 149 cm³/mol. The van der Waals surface area contributed by atoms with Crippen LogP contribution < -0.4 is 10.3 Å². The smallest absolute Gasteiger partial charge is 0.314 e. The van der Waals surface area contributed by atoms with E-state index in [-0.39, 0.29) is 35.1 Å². The maximum atomic E-state index is 13.9. The molecule has 3 aromatic rings. The Labute approximate surface area is 223 Å². The first-order valence-electron chi connectivity index (χ1n) is 12.3. The molecule has 0 aliphatic rings. The lowest BCUT2D eigenvalue weighted by Gasteiger charge is -2.40. The Balaban J connectivity index is 2.06. The SMILES string of the molecule is CSc1ccc(-c2cnn(-c3ccc(F)c(F)c3)c(=O)c2OCC(O[Si](C)(C)C(C)(C)C)C(C)C)cc1. The van der Waals surface area contributed by atoms with Crippen LogP contribution in [0.4, 0.5) is 8.78 Å². The highest BCUT2D eigenvalue weighted by atomic mass is 32.2. The molecule has 37 heavy (non-hydrogen) atoms. The molecule has 1 atom stereocenters. The molecule has 1 aromatic heterocycles. The van der Waals surface area contributed by atoms with Gasteiger partial charge in [-0.2, -0.15) is 9.78 Å². The highest BCUT2D eigenvalue weighted by molar-refractivity contribution is 7.98. The summed E-state index contributed by atoms with van der Waals surface area (Å²) in [5.41, 5.74) is 0.829. The molecule has 9 heteroatoms. The van der Waals surface area contributed by atoms with Crippen LogP contribution in [-0.4, -0.2) is 37.1 Å². The fourth-order valence-electron chi connectivity index (χ4n) is 3.44. The predicted octanol–water partition coefficient (Wildman–Crippen LogP) is 7.32. The van der Waals surface area contributed by atoms with Crippen LogP contribution in [0.25, 0.3) is 16.8 Å². The number of hydrogen-bond acceptors (Lipinski definition) is 5. The van der Waals surface area contributed by atoms with E-state index in [0.29, 0.717) is 5.56 Å². The van der Waals surface area contributed by atoms with Crippen LogP contribution in [0.1, 0.15) is 34.6 Å². The highest BCUT2D eigenvalue weighted by Crippen LogP contribution is 2.38. The Morgan fingerprint density at radius 2 is 1.70 bits per heavy atom. The molecule has 0 fully saturated rings. The molecule has 0 saturated carbocycles. The molecule has 1 unspecified atom stereocenters. The first kappa shape index (κ1) is 29.1. The molecule has 1 heterocycles. The van der Waals surface area contributed by atoms with Gasteiger partial charge in [0.25, 0.3) is 0 Å². The first-order chi connectivity index (χ1) is 17.2. The molecule has 0 aliphatic heterocycles. The van der Waals surface area contributed by atoms with Gasteiger partial charge >= 0.3 is 5.56 Å². The number of nitrogens with zero attached hydrogens (tertiary/aromatic N) is 2. The van der Waals surface area contributed by atoms with Crippen molar-refractivity contribution in [2.45, 2.75) is 63.8 Å². The number of thioether (sulfide) groups is 1. The van der Waals surface area contributed by atoms with Crippen molar-refractivity contribution in [2.75, 3.05) is 12.9 Å². The van der Waals surface area contributed by atoms with E-state index in [2.05, 4.69) is 52.8 Å². The number of aromatic nitrogens is 2. The average Bonchev–Trinajstić information content (AvgIpc) is 2.83. The standard InChI is InChI=1S/C28H36F2N2O3SSi/c1-18(2)25(35-37(7,8)28(3,4)5)17-34-26-22(19-9-12-21(36-6)13-10-19)16-31-32(27(26)33)20-11-14-23(29)24(30)15-20/h9-16,18,25H,17H2,1-8H3. The van der Waals surface area contributed by atoms with Gasteiger partial charge in [-0.3, -0.25) is 4.79 Å². The van der Waals surface area contributed by atoms with Crippen LogP contribution >= 0.6 is 11.8 Å². The molecule has 0 radical (unpaired) electrons. The summed E-state index contributed by atoms with van der Waals surface area (Å²) in [6.45, 7) is 15.2. The van der Waals surface area contributed by atoms with Gasteiger partial charge in [-0.25, -0.2) is 8.78 Å². The molecule has 0 spiro atoms. The van der Waals surface area contributed by atoms with Crippen LogP contribution in [0, 0.1) is 17.6 Å². The van der Waals surface area contributed by atoms with Gasteiger partial charge in [0.2, 0.25) is 0 Å². The molecule has 3 rings (SSSR count). The Bertz CT molecular complexity index is 1290. The van der Waals surface area contributed by atoms with Crippen LogP contribution in [0.2, 0.25) is 18.1 Å². The summed E-state index contributed by atoms with van der Waals surface area (Å²) in [5, 5.41) is 4.27. The lowest BCUT2D eigenvalue weighted by molar-refractivity contribution is 0.0781. The molecule has 0 saturated heterocycles.